The maximum Gasteiger partial charge on any atom is 0.472 e. The number of phosphoric acid groups is 1. The molecule has 364 valence electrons. The molecule has 0 aliphatic heterocycles. The van der Waals surface area contributed by atoms with Crippen LogP contribution < -0.4 is 0 Å². The Kier molecular flexibility index (Phi) is 37.7. The number of allylic oxidation sites excluding steroid dienone is 6. The molecule has 1 saturated carbocycles. The molecular weight excluding hydrogens is 812 g/mol. The summed E-state index contributed by atoms with van der Waals surface area (Å²) in [4.78, 5) is 23.2. The van der Waals surface area contributed by atoms with E-state index in [4.69, 9.17) is 18.5 Å². The van der Waals surface area contributed by atoms with E-state index in [1.807, 2.05) is 0 Å². The zero-order valence-electron chi connectivity index (χ0n) is 38.9. The smallest absolute Gasteiger partial charge is 0.457 e. The molecule has 0 aromatic rings. The number of esters is 1. The van der Waals surface area contributed by atoms with Gasteiger partial charge in [0.15, 0.2) is 0 Å². The van der Waals surface area contributed by atoms with E-state index in [9.17, 15) is 39.8 Å². The van der Waals surface area contributed by atoms with Gasteiger partial charge in [0.2, 0.25) is 0 Å². The molecule has 0 bridgehead atoms. The average molecular weight is 903 g/mol. The number of aliphatic hydroxyl groups excluding tert-OH is 5. The van der Waals surface area contributed by atoms with Crippen LogP contribution >= 0.6 is 7.82 Å². The van der Waals surface area contributed by atoms with E-state index in [0.717, 1.165) is 70.6 Å². The lowest BCUT2D eigenvalue weighted by Gasteiger charge is -2.41. The van der Waals surface area contributed by atoms with E-state index < -0.39 is 63.1 Å². The lowest BCUT2D eigenvalue weighted by Crippen LogP contribution is -2.64. The van der Waals surface area contributed by atoms with Gasteiger partial charge in [0.25, 0.3) is 0 Å². The first-order chi connectivity index (χ1) is 30.0. The second-order valence-electron chi connectivity index (χ2n) is 17.3. The van der Waals surface area contributed by atoms with Gasteiger partial charge in [-0.2, -0.15) is 0 Å². The van der Waals surface area contributed by atoms with E-state index in [1.54, 1.807) is 0 Å². The third kappa shape index (κ3) is 31.4. The fourth-order valence-electron chi connectivity index (χ4n) is 7.50. The van der Waals surface area contributed by atoms with Gasteiger partial charge in [-0.15, -0.1) is 0 Å². The van der Waals surface area contributed by atoms with Crippen LogP contribution in [0.15, 0.2) is 36.5 Å². The fourth-order valence-corrected chi connectivity index (χ4v) is 8.47. The van der Waals surface area contributed by atoms with Crippen LogP contribution in [0.25, 0.3) is 0 Å². The third-order valence-corrected chi connectivity index (χ3v) is 12.5. The van der Waals surface area contributed by atoms with Gasteiger partial charge in [0, 0.05) is 13.0 Å². The maximum absolute atomic E-state index is 12.8. The minimum absolute atomic E-state index is 0.0811. The molecule has 1 aliphatic carbocycles. The van der Waals surface area contributed by atoms with Crippen LogP contribution in [-0.4, -0.2) is 98.9 Å². The van der Waals surface area contributed by atoms with Crippen LogP contribution in [0.2, 0.25) is 0 Å². The summed E-state index contributed by atoms with van der Waals surface area (Å²) in [6.07, 6.45) is 35.0. The van der Waals surface area contributed by atoms with Crippen LogP contribution in [0, 0.1) is 0 Å². The van der Waals surface area contributed by atoms with Gasteiger partial charge in [0.05, 0.1) is 13.2 Å². The number of hydrogen-bond acceptors (Lipinski definition) is 11. The lowest BCUT2D eigenvalue weighted by molar-refractivity contribution is -0.220. The van der Waals surface area contributed by atoms with Crippen molar-refractivity contribution >= 4 is 13.8 Å². The largest absolute Gasteiger partial charge is 0.472 e. The predicted octanol–water partition coefficient (Wildman–Crippen LogP) is 10.6. The highest BCUT2D eigenvalue weighted by Gasteiger charge is 2.51. The molecule has 0 saturated heterocycles. The molecule has 6 atom stereocenters. The van der Waals surface area contributed by atoms with Crippen molar-refractivity contribution in [2.75, 3.05) is 19.8 Å². The topological polar surface area (TPSA) is 192 Å². The first-order valence-corrected chi connectivity index (χ1v) is 26.3. The summed E-state index contributed by atoms with van der Waals surface area (Å²) in [5, 5.41) is 50.2. The van der Waals surface area contributed by atoms with Crippen molar-refractivity contribution in [3.8, 4) is 0 Å². The molecule has 0 aromatic carbocycles. The molecule has 62 heavy (non-hydrogen) atoms. The van der Waals surface area contributed by atoms with Gasteiger partial charge in [-0.3, -0.25) is 13.8 Å². The zero-order valence-corrected chi connectivity index (χ0v) is 39.8. The molecule has 1 rings (SSSR count). The van der Waals surface area contributed by atoms with Gasteiger partial charge < -0.3 is 39.9 Å². The molecule has 12 nitrogen and oxygen atoms in total. The van der Waals surface area contributed by atoms with Gasteiger partial charge >= 0.3 is 13.8 Å². The number of ether oxygens (including phenoxy) is 2. The quantitative estimate of drug-likeness (QED) is 0.0147. The molecule has 1 fully saturated rings. The van der Waals surface area contributed by atoms with E-state index >= 15 is 0 Å². The molecule has 0 spiro atoms. The van der Waals surface area contributed by atoms with Crippen molar-refractivity contribution < 1.29 is 58.3 Å². The van der Waals surface area contributed by atoms with Gasteiger partial charge in [-0.05, 0) is 70.6 Å². The number of rotatable bonds is 42. The molecule has 1 aliphatic rings. The number of unbranched alkanes of at least 4 members (excludes halogenated alkanes) is 24. The highest BCUT2D eigenvalue weighted by Crippen LogP contribution is 2.47. The molecule has 0 amide bonds. The maximum atomic E-state index is 12.8. The number of carbonyl (C=O) groups excluding carboxylic acids is 1. The minimum atomic E-state index is -5.02. The summed E-state index contributed by atoms with van der Waals surface area (Å²) in [7, 11) is -5.02. The Hall–Kier alpha value is -1.44. The number of phosphoric ester groups is 1. The Morgan fingerprint density at radius 2 is 0.903 bits per heavy atom. The summed E-state index contributed by atoms with van der Waals surface area (Å²) in [6.45, 7) is 4.23. The summed E-state index contributed by atoms with van der Waals surface area (Å²) in [5.41, 5.74) is 0. The third-order valence-electron chi connectivity index (χ3n) is 11.5. The van der Waals surface area contributed by atoms with Crippen LogP contribution in [-0.2, 0) is 27.9 Å². The van der Waals surface area contributed by atoms with E-state index in [-0.39, 0.29) is 13.0 Å². The number of carbonyl (C=O) groups is 1. The number of hydrogen-bond donors (Lipinski definition) is 6. The molecule has 0 aromatic heterocycles. The molecule has 13 heteroatoms. The monoisotopic (exact) mass is 903 g/mol. The Morgan fingerprint density at radius 3 is 1.39 bits per heavy atom. The van der Waals surface area contributed by atoms with Gasteiger partial charge in [-0.25, -0.2) is 4.57 Å². The van der Waals surface area contributed by atoms with Crippen LogP contribution in [0.5, 0.6) is 0 Å². The standard InChI is InChI=1S/C49H91O12P/c1-3-5-7-9-11-13-15-17-18-19-20-21-22-23-24-25-27-29-31-33-35-37-39-58-40-42(41-59-62(56,57)61-49-47(54)45(52)44(51)46(53)48(49)55)60-43(50)38-36-34-32-30-28-26-16-14-12-10-8-6-4-2/h14-17,19-20,42,44-49,51-55H,3-13,18,21-41H2,1-2H3,(H,56,57)/b16-14-,17-15-,20-19-. The van der Waals surface area contributed by atoms with Crippen LogP contribution in [0.1, 0.15) is 206 Å². The zero-order chi connectivity index (χ0) is 45.5. The Bertz CT molecular complexity index is 1170. The molecular formula is C49H91O12P. The van der Waals surface area contributed by atoms with Crippen molar-refractivity contribution in [1.29, 1.82) is 0 Å². The van der Waals surface area contributed by atoms with Crippen LogP contribution in [0.4, 0.5) is 0 Å². The Labute approximate surface area is 376 Å². The van der Waals surface area contributed by atoms with Gasteiger partial charge in [0.1, 0.15) is 42.7 Å². The summed E-state index contributed by atoms with van der Waals surface area (Å²) >= 11 is 0. The molecule has 6 N–H and O–H groups in total. The first-order valence-electron chi connectivity index (χ1n) is 24.8. The predicted molar refractivity (Wildman–Crippen MR) is 249 cm³/mol. The summed E-state index contributed by atoms with van der Waals surface area (Å²) in [6, 6.07) is 0. The fraction of sp³-hybridized carbons (Fsp3) is 0.857. The summed E-state index contributed by atoms with van der Waals surface area (Å²) in [5.74, 6) is -0.487. The van der Waals surface area contributed by atoms with Crippen molar-refractivity contribution in [2.24, 2.45) is 0 Å². The normalized spacial score (nSPS) is 22.3. The Balaban J connectivity index is 2.33. The SMILES string of the molecule is CCCCCC/C=C\CCCCCCCC(=O)OC(COCCCCCCCCCCCC/C=C\C/C=C\CCCCCCC)COP(=O)(O)OC1C(O)C(O)C(O)C(O)C1O. The first kappa shape index (κ1) is 58.6. The molecule has 6 unspecified atom stereocenters. The minimum Gasteiger partial charge on any atom is -0.457 e. The molecule has 0 radical (unpaired) electrons. The van der Waals surface area contributed by atoms with Crippen molar-refractivity contribution in [3.63, 3.8) is 0 Å². The second kappa shape index (κ2) is 39.9. The highest BCUT2D eigenvalue weighted by atomic mass is 31.2. The number of aliphatic hydroxyl groups is 5. The Morgan fingerprint density at radius 1 is 0.516 bits per heavy atom. The lowest BCUT2D eigenvalue weighted by atomic mass is 9.85. The van der Waals surface area contributed by atoms with Crippen LogP contribution in [0.3, 0.4) is 0 Å². The van der Waals surface area contributed by atoms with Crippen molar-refractivity contribution in [1.82, 2.24) is 0 Å². The average Bonchev–Trinajstić information content (AvgIpc) is 3.26. The van der Waals surface area contributed by atoms with Crippen molar-refractivity contribution in [2.45, 2.75) is 249 Å². The van der Waals surface area contributed by atoms with E-state index in [1.165, 1.54) is 109 Å². The van der Waals surface area contributed by atoms with Gasteiger partial charge in [-0.1, -0.05) is 166 Å². The highest BCUT2D eigenvalue weighted by molar-refractivity contribution is 7.47. The van der Waals surface area contributed by atoms with E-state index in [2.05, 4.69) is 50.3 Å². The summed E-state index contributed by atoms with van der Waals surface area (Å²) < 4.78 is 34.2. The second-order valence-corrected chi connectivity index (χ2v) is 18.7. The molecule has 0 heterocycles. The van der Waals surface area contributed by atoms with E-state index in [0.29, 0.717) is 13.0 Å². The van der Waals surface area contributed by atoms with Crippen molar-refractivity contribution in [3.05, 3.63) is 36.5 Å².